The van der Waals surface area contributed by atoms with E-state index in [2.05, 4.69) is 5.32 Å². The highest BCUT2D eigenvalue weighted by atomic mass is 16.5. The maximum Gasteiger partial charge on any atom is 0.261 e. The fourth-order valence-corrected chi connectivity index (χ4v) is 2.92. The van der Waals surface area contributed by atoms with Gasteiger partial charge in [-0.25, -0.2) is 0 Å². The minimum Gasteiger partial charge on any atom is -0.497 e. The summed E-state index contributed by atoms with van der Waals surface area (Å²) in [5.74, 6) is 0.927. The molecule has 3 rings (SSSR count). The van der Waals surface area contributed by atoms with Gasteiger partial charge in [0, 0.05) is 0 Å². The van der Waals surface area contributed by atoms with E-state index in [0.29, 0.717) is 16.9 Å². The Morgan fingerprint density at radius 2 is 1.36 bits per heavy atom. The van der Waals surface area contributed by atoms with E-state index in [1.165, 1.54) is 0 Å². The summed E-state index contributed by atoms with van der Waals surface area (Å²) < 4.78 is 10.7. The van der Waals surface area contributed by atoms with Crippen LogP contribution in [0.5, 0.6) is 11.5 Å². The molecule has 0 heterocycles. The van der Waals surface area contributed by atoms with Crippen molar-refractivity contribution in [3.63, 3.8) is 0 Å². The minimum absolute atomic E-state index is 0.257. The van der Waals surface area contributed by atoms with Crippen LogP contribution in [0.25, 0.3) is 0 Å². The maximum atomic E-state index is 12.9. The van der Waals surface area contributed by atoms with Crippen LogP contribution in [-0.2, 0) is 10.4 Å². The predicted molar refractivity (Wildman–Crippen MR) is 107 cm³/mol. The molecule has 0 aliphatic carbocycles. The van der Waals surface area contributed by atoms with Crippen LogP contribution in [-0.4, -0.2) is 31.3 Å². The highest BCUT2D eigenvalue weighted by molar-refractivity contribution is 5.90. The van der Waals surface area contributed by atoms with Gasteiger partial charge in [-0.05, 0) is 35.4 Å². The molecule has 0 atom stereocenters. The summed E-state index contributed by atoms with van der Waals surface area (Å²) in [4.78, 5) is 12.9. The molecular formula is C23H23NO4. The summed E-state index contributed by atoms with van der Waals surface area (Å²) in [6.07, 6.45) is 0. The summed E-state index contributed by atoms with van der Waals surface area (Å²) in [6, 6.07) is 25.0. The number of aliphatic hydroxyl groups is 1. The first kappa shape index (κ1) is 19.5. The van der Waals surface area contributed by atoms with E-state index < -0.39 is 11.5 Å². The third-order valence-electron chi connectivity index (χ3n) is 4.43. The second-order valence-electron chi connectivity index (χ2n) is 6.22. The van der Waals surface area contributed by atoms with Crippen LogP contribution in [0.4, 0.5) is 0 Å². The summed E-state index contributed by atoms with van der Waals surface area (Å²) in [5, 5.41) is 14.1. The van der Waals surface area contributed by atoms with E-state index in [9.17, 15) is 9.90 Å². The Kier molecular flexibility index (Phi) is 6.29. The predicted octanol–water partition coefficient (Wildman–Crippen LogP) is 3.13. The number of hydrogen-bond donors (Lipinski definition) is 2. The lowest BCUT2D eigenvalue weighted by Crippen LogP contribution is -2.46. The molecule has 5 heteroatoms. The Morgan fingerprint density at radius 1 is 0.857 bits per heavy atom. The van der Waals surface area contributed by atoms with Crippen molar-refractivity contribution in [2.75, 3.05) is 20.3 Å². The van der Waals surface area contributed by atoms with Gasteiger partial charge in [0.1, 0.15) is 18.1 Å². The number of methoxy groups -OCH3 is 1. The lowest BCUT2D eigenvalue weighted by molar-refractivity contribution is -0.136. The number of hydrogen-bond acceptors (Lipinski definition) is 4. The highest BCUT2D eigenvalue weighted by Crippen LogP contribution is 2.29. The molecule has 3 aromatic rings. The van der Waals surface area contributed by atoms with E-state index in [-0.39, 0.29) is 13.2 Å². The molecule has 0 fully saturated rings. The molecule has 5 nitrogen and oxygen atoms in total. The van der Waals surface area contributed by atoms with Crippen molar-refractivity contribution in [3.05, 3.63) is 96.1 Å². The van der Waals surface area contributed by atoms with Crippen molar-refractivity contribution in [1.29, 1.82) is 0 Å². The zero-order chi connectivity index (χ0) is 19.8. The first-order valence-corrected chi connectivity index (χ1v) is 9.03. The van der Waals surface area contributed by atoms with Gasteiger partial charge >= 0.3 is 0 Å². The smallest absolute Gasteiger partial charge is 0.261 e. The average Bonchev–Trinajstić information content (AvgIpc) is 2.77. The largest absolute Gasteiger partial charge is 0.497 e. The van der Waals surface area contributed by atoms with Crippen LogP contribution in [0.15, 0.2) is 84.9 Å². The summed E-state index contributed by atoms with van der Waals surface area (Å²) in [7, 11) is 1.60. The Morgan fingerprint density at radius 3 is 1.86 bits per heavy atom. The number of carbonyl (C=O) groups is 1. The molecule has 1 amide bonds. The number of rotatable bonds is 8. The molecule has 28 heavy (non-hydrogen) atoms. The molecule has 144 valence electrons. The number of carbonyl (C=O) groups excluding carboxylic acids is 1. The van der Waals surface area contributed by atoms with E-state index in [1.807, 2.05) is 12.1 Å². The zero-order valence-corrected chi connectivity index (χ0v) is 15.7. The number of amides is 1. The quantitative estimate of drug-likeness (QED) is 0.592. The molecule has 0 unspecified atom stereocenters. The molecule has 0 radical (unpaired) electrons. The third kappa shape index (κ3) is 4.32. The molecule has 0 aliphatic rings. The second kappa shape index (κ2) is 9.06. The zero-order valence-electron chi connectivity index (χ0n) is 15.7. The lowest BCUT2D eigenvalue weighted by atomic mass is 9.85. The Bertz CT molecular complexity index is 840. The molecule has 0 aromatic heterocycles. The SMILES string of the molecule is COc1ccc(OCCNC(=O)C(O)(c2ccccc2)c2ccccc2)cc1. The van der Waals surface area contributed by atoms with E-state index in [1.54, 1.807) is 79.9 Å². The monoisotopic (exact) mass is 377 g/mol. The van der Waals surface area contributed by atoms with Crippen LogP contribution in [0, 0.1) is 0 Å². The van der Waals surface area contributed by atoms with Gasteiger partial charge in [-0.15, -0.1) is 0 Å². The van der Waals surface area contributed by atoms with Crippen LogP contribution in [0.2, 0.25) is 0 Å². The summed E-state index contributed by atoms with van der Waals surface area (Å²) in [6.45, 7) is 0.532. The van der Waals surface area contributed by atoms with Gasteiger partial charge in [-0.3, -0.25) is 4.79 Å². The first-order chi connectivity index (χ1) is 13.6. The van der Waals surface area contributed by atoms with Crippen LogP contribution >= 0.6 is 0 Å². The maximum absolute atomic E-state index is 12.9. The number of benzene rings is 3. The third-order valence-corrected chi connectivity index (χ3v) is 4.43. The van der Waals surface area contributed by atoms with Crippen molar-refractivity contribution in [3.8, 4) is 11.5 Å². The average molecular weight is 377 g/mol. The fraction of sp³-hybridized carbons (Fsp3) is 0.174. The lowest BCUT2D eigenvalue weighted by Gasteiger charge is -2.28. The normalized spacial score (nSPS) is 10.9. The molecule has 0 saturated carbocycles. The minimum atomic E-state index is -1.78. The van der Waals surface area contributed by atoms with Gasteiger partial charge in [-0.2, -0.15) is 0 Å². The van der Waals surface area contributed by atoms with Crippen molar-refractivity contribution in [2.45, 2.75) is 5.60 Å². The number of ether oxygens (including phenoxy) is 2. The molecule has 0 bridgehead atoms. The molecular weight excluding hydrogens is 354 g/mol. The Labute approximate surface area is 164 Å². The topological polar surface area (TPSA) is 67.8 Å². The van der Waals surface area contributed by atoms with Gasteiger partial charge < -0.3 is 19.9 Å². The molecule has 0 saturated heterocycles. The van der Waals surface area contributed by atoms with Crippen LogP contribution in [0.1, 0.15) is 11.1 Å². The first-order valence-electron chi connectivity index (χ1n) is 9.03. The fourth-order valence-electron chi connectivity index (χ4n) is 2.92. The van der Waals surface area contributed by atoms with Gasteiger partial charge in [0.15, 0.2) is 5.60 Å². The second-order valence-corrected chi connectivity index (χ2v) is 6.22. The van der Waals surface area contributed by atoms with Crippen LogP contribution in [0.3, 0.4) is 0 Å². The van der Waals surface area contributed by atoms with Gasteiger partial charge in [0.25, 0.3) is 5.91 Å². The highest BCUT2D eigenvalue weighted by Gasteiger charge is 2.39. The summed E-state index contributed by atoms with van der Waals surface area (Å²) in [5.41, 5.74) is -0.757. The van der Waals surface area contributed by atoms with Gasteiger partial charge in [0.2, 0.25) is 0 Å². The molecule has 0 spiro atoms. The standard InChI is InChI=1S/C23H23NO4/c1-27-20-12-14-21(15-13-20)28-17-16-24-22(25)23(26,18-8-4-2-5-9-18)19-10-6-3-7-11-19/h2-15,26H,16-17H2,1H3,(H,24,25). The van der Waals surface area contributed by atoms with Gasteiger partial charge in [-0.1, -0.05) is 60.7 Å². The van der Waals surface area contributed by atoms with Crippen molar-refractivity contribution < 1.29 is 19.4 Å². The van der Waals surface area contributed by atoms with Crippen molar-refractivity contribution in [2.24, 2.45) is 0 Å². The van der Waals surface area contributed by atoms with E-state index in [0.717, 1.165) is 5.75 Å². The Balaban J connectivity index is 1.67. The van der Waals surface area contributed by atoms with E-state index in [4.69, 9.17) is 9.47 Å². The summed E-state index contributed by atoms with van der Waals surface area (Å²) >= 11 is 0. The van der Waals surface area contributed by atoms with Gasteiger partial charge in [0.05, 0.1) is 13.7 Å². The van der Waals surface area contributed by atoms with Crippen molar-refractivity contribution >= 4 is 5.91 Å². The van der Waals surface area contributed by atoms with E-state index >= 15 is 0 Å². The molecule has 2 N–H and O–H groups in total. The Hall–Kier alpha value is -3.31. The van der Waals surface area contributed by atoms with Crippen molar-refractivity contribution in [1.82, 2.24) is 5.32 Å². The molecule has 3 aromatic carbocycles. The number of nitrogens with one attached hydrogen (secondary N) is 1. The molecule has 0 aliphatic heterocycles. The van der Waals surface area contributed by atoms with Crippen LogP contribution < -0.4 is 14.8 Å².